The minimum Gasteiger partial charge on any atom is -0.390 e. The average Bonchev–Trinajstić information content (AvgIpc) is 2.59. The average molecular weight is 353 g/mol. The second-order valence-electron chi connectivity index (χ2n) is 4.98. The molecule has 24 heavy (non-hydrogen) atoms. The van der Waals surface area contributed by atoms with Crippen LogP contribution in [-0.2, 0) is 0 Å². The van der Waals surface area contributed by atoms with Crippen molar-refractivity contribution in [2.75, 3.05) is 17.7 Å². The summed E-state index contributed by atoms with van der Waals surface area (Å²) in [6.45, 7) is 0.0405. The number of hydrogen-bond acceptors (Lipinski definition) is 5. The molecule has 0 bridgehead atoms. The first-order chi connectivity index (χ1) is 11.4. The van der Waals surface area contributed by atoms with E-state index in [-0.39, 0.29) is 34.9 Å². The molecule has 2 rings (SSSR count). The van der Waals surface area contributed by atoms with Crippen LogP contribution < -0.4 is 5.32 Å². The maximum Gasteiger partial charge on any atom is 0.270 e. The van der Waals surface area contributed by atoms with Crippen LogP contribution in [0.15, 0.2) is 42.5 Å². The van der Waals surface area contributed by atoms with Crippen molar-refractivity contribution in [2.24, 2.45) is 0 Å². The lowest BCUT2D eigenvalue weighted by Gasteiger charge is -2.14. The van der Waals surface area contributed by atoms with Crippen molar-refractivity contribution in [1.29, 1.82) is 0 Å². The number of carbonyl (C=O) groups is 1. The third kappa shape index (κ3) is 4.06. The van der Waals surface area contributed by atoms with Gasteiger partial charge < -0.3 is 10.4 Å². The third-order valence-electron chi connectivity index (χ3n) is 3.28. The summed E-state index contributed by atoms with van der Waals surface area (Å²) in [4.78, 5) is 22.9. The lowest BCUT2D eigenvalue weighted by Crippen LogP contribution is -2.22. The van der Waals surface area contributed by atoms with Crippen LogP contribution in [-0.4, -0.2) is 34.3 Å². The zero-order chi connectivity index (χ0) is 17.7. The Morgan fingerprint density at radius 1 is 1.29 bits per heavy atom. The summed E-state index contributed by atoms with van der Waals surface area (Å²) in [6, 6.07) is 9.00. The van der Waals surface area contributed by atoms with E-state index in [9.17, 15) is 24.4 Å². The van der Waals surface area contributed by atoms with E-state index < -0.39 is 22.6 Å². The summed E-state index contributed by atoms with van der Waals surface area (Å²) in [5.74, 6) is -1.43. The molecular weight excluding hydrogens is 339 g/mol. The number of carbonyl (C=O) groups excluding carboxylic acids is 1. The fraction of sp³-hybridized carbons (Fsp3) is 0.188. The number of nitro groups is 1. The van der Waals surface area contributed by atoms with E-state index in [2.05, 4.69) is 5.32 Å². The molecular formula is C16H14ClFN2O4. The number of nitro benzene ring substituents is 1. The normalized spacial score (nSPS) is 11.8. The molecule has 0 aliphatic carbocycles. The van der Waals surface area contributed by atoms with Crippen molar-refractivity contribution in [3.8, 4) is 0 Å². The number of halogens is 2. The largest absolute Gasteiger partial charge is 0.390 e. The van der Waals surface area contributed by atoms with Gasteiger partial charge in [-0.3, -0.25) is 14.9 Å². The van der Waals surface area contributed by atoms with Gasteiger partial charge in [-0.25, -0.2) is 4.39 Å². The second-order valence-corrected chi connectivity index (χ2v) is 5.29. The van der Waals surface area contributed by atoms with Crippen molar-refractivity contribution in [3.05, 3.63) is 69.5 Å². The van der Waals surface area contributed by atoms with Crippen LogP contribution >= 0.6 is 11.6 Å². The lowest BCUT2D eigenvalue weighted by molar-refractivity contribution is -0.384. The van der Waals surface area contributed by atoms with E-state index in [0.717, 1.165) is 12.1 Å². The van der Waals surface area contributed by atoms with Gasteiger partial charge >= 0.3 is 0 Å². The Morgan fingerprint density at radius 3 is 2.62 bits per heavy atom. The molecule has 6 nitrogen and oxygen atoms in total. The van der Waals surface area contributed by atoms with Crippen molar-refractivity contribution >= 4 is 28.8 Å². The zero-order valence-electron chi connectivity index (χ0n) is 12.4. The number of alkyl halides is 1. The van der Waals surface area contributed by atoms with Crippen molar-refractivity contribution in [3.63, 3.8) is 0 Å². The highest BCUT2D eigenvalue weighted by atomic mass is 35.5. The highest BCUT2D eigenvalue weighted by Crippen LogP contribution is 2.25. The first kappa shape index (κ1) is 17.8. The number of nitrogens with zero attached hydrogens (tertiary/aromatic N) is 1. The molecule has 0 fully saturated rings. The van der Waals surface area contributed by atoms with Gasteiger partial charge in [-0.15, -0.1) is 11.6 Å². The summed E-state index contributed by atoms with van der Waals surface area (Å²) < 4.78 is 13.9. The first-order valence-electron chi connectivity index (χ1n) is 6.99. The second kappa shape index (κ2) is 7.85. The van der Waals surface area contributed by atoms with Gasteiger partial charge in [0.05, 0.1) is 28.0 Å². The molecule has 2 N–H and O–H groups in total. The van der Waals surface area contributed by atoms with Gasteiger partial charge in [-0.05, 0) is 18.2 Å². The quantitative estimate of drug-likeness (QED) is 0.346. The molecule has 0 heterocycles. The smallest absolute Gasteiger partial charge is 0.270 e. The Morgan fingerprint density at radius 2 is 2.00 bits per heavy atom. The van der Waals surface area contributed by atoms with Crippen LogP contribution in [0, 0.1) is 15.9 Å². The number of rotatable bonds is 7. The van der Waals surface area contributed by atoms with Crippen LogP contribution in [0.3, 0.4) is 0 Å². The molecule has 2 aromatic carbocycles. The molecule has 2 aromatic rings. The Bertz CT molecular complexity index is 769. The van der Waals surface area contributed by atoms with Gasteiger partial charge in [0.15, 0.2) is 5.78 Å². The number of non-ortho nitro benzene ring substituents is 1. The number of hydrogen-bond donors (Lipinski definition) is 2. The number of ketones is 1. The van der Waals surface area contributed by atoms with E-state index in [1.165, 1.54) is 30.3 Å². The van der Waals surface area contributed by atoms with Crippen LogP contribution in [0.5, 0.6) is 0 Å². The fourth-order valence-electron chi connectivity index (χ4n) is 2.06. The number of aliphatic hydroxyl groups is 1. The minimum atomic E-state index is -0.863. The summed E-state index contributed by atoms with van der Waals surface area (Å²) in [6.07, 6.45) is -0.863. The molecule has 0 aromatic heterocycles. The van der Waals surface area contributed by atoms with Crippen molar-refractivity contribution in [2.45, 2.75) is 6.10 Å². The fourth-order valence-corrected chi connectivity index (χ4v) is 2.17. The zero-order valence-corrected chi connectivity index (χ0v) is 13.2. The van der Waals surface area contributed by atoms with Crippen molar-refractivity contribution in [1.82, 2.24) is 0 Å². The van der Waals surface area contributed by atoms with Gasteiger partial charge in [0, 0.05) is 24.4 Å². The van der Waals surface area contributed by atoms with E-state index in [4.69, 9.17) is 11.6 Å². The van der Waals surface area contributed by atoms with Gasteiger partial charge in [-0.2, -0.15) is 0 Å². The molecule has 0 saturated heterocycles. The van der Waals surface area contributed by atoms with Gasteiger partial charge in [0.2, 0.25) is 0 Å². The Labute approximate surface area is 142 Å². The maximum atomic E-state index is 13.9. The van der Waals surface area contributed by atoms with Crippen LogP contribution in [0.4, 0.5) is 15.8 Å². The first-order valence-corrected chi connectivity index (χ1v) is 7.53. The molecule has 1 atom stereocenters. The monoisotopic (exact) mass is 352 g/mol. The van der Waals surface area contributed by atoms with Crippen LogP contribution in [0.25, 0.3) is 0 Å². The molecule has 0 amide bonds. The molecule has 8 heteroatoms. The van der Waals surface area contributed by atoms with Gasteiger partial charge in [0.1, 0.15) is 5.82 Å². The molecule has 0 aliphatic rings. The van der Waals surface area contributed by atoms with Crippen LogP contribution in [0.1, 0.15) is 15.9 Å². The standard InChI is InChI=1S/C16H14ClFN2O4/c17-8-11(21)9-19-15-6-5-10(20(23)24)7-13(15)16(22)12-3-1-2-4-14(12)18/h1-7,11,19,21H,8-9H2. The maximum absolute atomic E-state index is 13.9. The summed E-state index contributed by atoms with van der Waals surface area (Å²) in [5.41, 5.74) is -0.300. The molecule has 0 radical (unpaired) electrons. The minimum absolute atomic E-state index is 0.0173. The van der Waals surface area contributed by atoms with E-state index in [0.29, 0.717) is 0 Å². The highest BCUT2D eigenvalue weighted by Gasteiger charge is 2.20. The van der Waals surface area contributed by atoms with E-state index in [1.807, 2.05) is 0 Å². The summed E-state index contributed by atoms with van der Waals surface area (Å²) >= 11 is 5.51. The summed E-state index contributed by atoms with van der Waals surface area (Å²) in [5, 5.41) is 23.3. The number of anilines is 1. The van der Waals surface area contributed by atoms with Gasteiger partial charge in [0.25, 0.3) is 5.69 Å². The third-order valence-corrected chi connectivity index (χ3v) is 3.64. The molecule has 0 aliphatic heterocycles. The Hall–Kier alpha value is -2.51. The highest BCUT2D eigenvalue weighted by molar-refractivity contribution is 6.18. The molecule has 1 unspecified atom stereocenters. The topological polar surface area (TPSA) is 92.5 Å². The van der Waals surface area contributed by atoms with E-state index in [1.54, 1.807) is 0 Å². The molecule has 0 spiro atoms. The van der Waals surface area contributed by atoms with E-state index >= 15 is 0 Å². The predicted octanol–water partition coefficient (Wildman–Crippen LogP) is 2.98. The van der Waals surface area contributed by atoms with Crippen LogP contribution in [0.2, 0.25) is 0 Å². The number of benzene rings is 2. The Kier molecular flexibility index (Phi) is 5.83. The van der Waals surface area contributed by atoms with Gasteiger partial charge in [-0.1, -0.05) is 12.1 Å². The summed E-state index contributed by atoms with van der Waals surface area (Å²) in [7, 11) is 0. The number of aliphatic hydroxyl groups excluding tert-OH is 1. The van der Waals surface area contributed by atoms with Crippen molar-refractivity contribution < 1.29 is 19.2 Å². The lowest BCUT2D eigenvalue weighted by atomic mass is 10.0. The number of nitrogens with one attached hydrogen (secondary N) is 1. The molecule has 0 saturated carbocycles. The SMILES string of the molecule is O=C(c1ccccc1F)c1cc([N+](=O)[O-])ccc1NCC(O)CCl. The molecule has 126 valence electrons. The predicted molar refractivity (Wildman–Crippen MR) is 88.1 cm³/mol. The Balaban J connectivity index is 2.44.